The van der Waals surface area contributed by atoms with Gasteiger partial charge in [0.25, 0.3) is 5.91 Å². The van der Waals surface area contributed by atoms with Crippen LogP contribution in [0.5, 0.6) is 0 Å². The van der Waals surface area contributed by atoms with Crippen LogP contribution >= 0.6 is 11.6 Å². The van der Waals surface area contributed by atoms with Gasteiger partial charge in [0, 0.05) is 19.6 Å². The van der Waals surface area contributed by atoms with Gasteiger partial charge in [0.2, 0.25) is 6.04 Å². The van der Waals surface area contributed by atoms with Gasteiger partial charge in [-0.1, -0.05) is 41.9 Å². The standard InChI is InChI=1S/C21H25ClN4O2/c1-4-26(5-2)19-12-11-17(13-18(19)22)24-25-20(15(3)27)21(28)23-14-16-9-7-6-8-10-16/h6-13,20H,4-5,14H2,1-3H3,(H,23,28). The van der Waals surface area contributed by atoms with Crippen LogP contribution in [0.2, 0.25) is 5.02 Å². The highest BCUT2D eigenvalue weighted by Gasteiger charge is 2.22. The molecule has 1 amide bonds. The van der Waals surface area contributed by atoms with Crippen molar-refractivity contribution < 1.29 is 9.59 Å². The van der Waals surface area contributed by atoms with E-state index in [2.05, 4.69) is 34.3 Å². The Kier molecular flexibility index (Phi) is 8.14. The number of nitrogens with one attached hydrogen (secondary N) is 1. The zero-order chi connectivity index (χ0) is 20.5. The van der Waals surface area contributed by atoms with Gasteiger partial charge in [-0.3, -0.25) is 9.59 Å². The van der Waals surface area contributed by atoms with Crippen molar-refractivity contribution in [1.29, 1.82) is 0 Å². The third-order valence-electron chi connectivity index (χ3n) is 4.27. The number of benzene rings is 2. The molecule has 1 atom stereocenters. The topological polar surface area (TPSA) is 74.1 Å². The fourth-order valence-corrected chi connectivity index (χ4v) is 3.00. The minimum Gasteiger partial charge on any atom is -0.371 e. The number of amides is 1. The molecule has 0 aliphatic heterocycles. The molecular formula is C21H25ClN4O2. The summed E-state index contributed by atoms with van der Waals surface area (Å²) < 4.78 is 0. The van der Waals surface area contributed by atoms with Crippen LogP contribution in [0.4, 0.5) is 11.4 Å². The first-order valence-electron chi connectivity index (χ1n) is 9.23. The molecule has 0 fully saturated rings. The summed E-state index contributed by atoms with van der Waals surface area (Å²) in [6.07, 6.45) is 0. The summed E-state index contributed by atoms with van der Waals surface area (Å²) in [7, 11) is 0. The van der Waals surface area contributed by atoms with Crippen LogP contribution in [0.15, 0.2) is 58.8 Å². The number of carbonyl (C=O) groups excluding carboxylic acids is 2. The summed E-state index contributed by atoms with van der Waals surface area (Å²) in [4.78, 5) is 26.3. The van der Waals surface area contributed by atoms with Crippen LogP contribution in [0.1, 0.15) is 26.3 Å². The SMILES string of the molecule is CCN(CC)c1ccc(N=NC(C(C)=O)C(=O)NCc2ccccc2)cc1Cl. The summed E-state index contributed by atoms with van der Waals surface area (Å²) in [6, 6.07) is 13.6. The number of halogens is 1. The van der Waals surface area contributed by atoms with Gasteiger partial charge in [-0.25, -0.2) is 0 Å². The largest absolute Gasteiger partial charge is 0.371 e. The monoisotopic (exact) mass is 400 g/mol. The Labute approximate surface area is 170 Å². The predicted octanol–water partition coefficient (Wildman–Crippen LogP) is 4.54. The number of anilines is 1. The first kappa shape index (κ1) is 21.6. The summed E-state index contributed by atoms with van der Waals surface area (Å²) in [5.74, 6) is -0.855. The fraction of sp³-hybridized carbons (Fsp3) is 0.333. The lowest BCUT2D eigenvalue weighted by Crippen LogP contribution is -2.37. The molecular weight excluding hydrogens is 376 g/mol. The van der Waals surface area contributed by atoms with Crippen LogP contribution in [0, 0.1) is 0 Å². The Morgan fingerprint density at radius 3 is 2.36 bits per heavy atom. The molecule has 0 aliphatic carbocycles. The van der Waals surface area contributed by atoms with Crippen LogP contribution in [0.25, 0.3) is 0 Å². The smallest absolute Gasteiger partial charge is 0.254 e. The number of nitrogens with zero attached hydrogens (tertiary/aromatic N) is 3. The molecule has 0 saturated carbocycles. The van der Waals surface area contributed by atoms with Gasteiger partial charge in [-0.05, 0) is 44.5 Å². The number of rotatable bonds is 9. The van der Waals surface area contributed by atoms with Crippen LogP contribution in [-0.4, -0.2) is 30.8 Å². The number of hydrogen-bond acceptors (Lipinski definition) is 5. The average Bonchev–Trinajstić information content (AvgIpc) is 2.69. The van der Waals surface area contributed by atoms with Gasteiger partial charge in [0.1, 0.15) is 0 Å². The highest BCUT2D eigenvalue weighted by Crippen LogP contribution is 2.30. The molecule has 2 rings (SSSR count). The number of carbonyl (C=O) groups is 2. The van der Waals surface area contributed by atoms with Gasteiger partial charge >= 0.3 is 0 Å². The van der Waals surface area contributed by atoms with Gasteiger partial charge in [0.15, 0.2) is 5.78 Å². The number of ketones is 1. The molecule has 0 saturated heterocycles. The Morgan fingerprint density at radius 2 is 1.79 bits per heavy atom. The van der Waals surface area contributed by atoms with E-state index < -0.39 is 11.9 Å². The Morgan fingerprint density at radius 1 is 1.11 bits per heavy atom. The second-order valence-corrected chi connectivity index (χ2v) is 6.65. The highest BCUT2D eigenvalue weighted by molar-refractivity contribution is 6.33. The van der Waals surface area contributed by atoms with E-state index in [9.17, 15) is 9.59 Å². The molecule has 0 heterocycles. The zero-order valence-electron chi connectivity index (χ0n) is 16.4. The van der Waals surface area contributed by atoms with E-state index >= 15 is 0 Å². The lowest BCUT2D eigenvalue weighted by Gasteiger charge is -2.22. The van der Waals surface area contributed by atoms with Gasteiger partial charge < -0.3 is 10.2 Å². The predicted molar refractivity (Wildman–Crippen MR) is 112 cm³/mol. The van der Waals surface area contributed by atoms with E-state index in [1.165, 1.54) is 6.92 Å². The van der Waals surface area contributed by atoms with Crippen molar-refractivity contribution in [2.75, 3.05) is 18.0 Å². The minimum absolute atomic E-state index is 0.323. The molecule has 28 heavy (non-hydrogen) atoms. The summed E-state index contributed by atoms with van der Waals surface area (Å²) >= 11 is 6.35. The number of Topliss-reactive ketones (excluding diaryl/α,β-unsaturated/α-hetero) is 1. The Balaban J connectivity index is 2.08. The molecule has 0 bridgehead atoms. The molecule has 148 valence electrons. The molecule has 7 heteroatoms. The lowest BCUT2D eigenvalue weighted by molar-refractivity contribution is -0.129. The van der Waals surface area contributed by atoms with Crippen molar-refractivity contribution in [3.8, 4) is 0 Å². The molecule has 1 unspecified atom stereocenters. The van der Waals surface area contributed by atoms with Crippen LogP contribution in [0.3, 0.4) is 0 Å². The maximum Gasteiger partial charge on any atom is 0.254 e. The number of hydrogen-bond donors (Lipinski definition) is 1. The first-order chi connectivity index (χ1) is 13.5. The van der Waals surface area contributed by atoms with E-state index in [-0.39, 0.29) is 5.78 Å². The van der Waals surface area contributed by atoms with Crippen molar-refractivity contribution >= 4 is 34.7 Å². The second-order valence-electron chi connectivity index (χ2n) is 6.24. The third-order valence-corrected chi connectivity index (χ3v) is 4.57. The molecule has 0 spiro atoms. The maximum atomic E-state index is 12.3. The lowest BCUT2D eigenvalue weighted by atomic mass is 10.2. The number of azo groups is 1. The molecule has 0 radical (unpaired) electrons. The molecule has 0 aliphatic rings. The zero-order valence-corrected chi connectivity index (χ0v) is 17.1. The summed E-state index contributed by atoms with van der Waals surface area (Å²) in [5.41, 5.74) is 2.34. The fourth-order valence-electron chi connectivity index (χ4n) is 2.70. The summed E-state index contributed by atoms with van der Waals surface area (Å²) in [6.45, 7) is 7.43. The second kappa shape index (κ2) is 10.6. The third kappa shape index (κ3) is 5.89. The van der Waals surface area contributed by atoms with E-state index in [1.807, 2.05) is 36.4 Å². The van der Waals surface area contributed by atoms with E-state index in [0.29, 0.717) is 17.3 Å². The van der Waals surface area contributed by atoms with Crippen molar-refractivity contribution in [2.24, 2.45) is 10.2 Å². The maximum absolute atomic E-state index is 12.3. The van der Waals surface area contributed by atoms with Crippen molar-refractivity contribution in [1.82, 2.24) is 5.32 Å². The van der Waals surface area contributed by atoms with Crippen LogP contribution < -0.4 is 10.2 Å². The summed E-state index contributed by atoms with van der Waals surface area (Å²) in [5, 5.41) is 11.3. The van der Waals surface area contributed by atoms with Crippen molar-refractivity contribution in [3.05, 3.63) is 59.1 Å². The van der Waals surface area contributed by atoms with Gasteiger partial charge in [-0.15, -0.1) is 0 Å². The van der Waals surface area contributed by atoms with Crippen LogP contribution in [-0.2, 0) is 16.1 Å². The molecule has 0 aromatic heterocycles. The molecule has 2 aromatic carbocycles. The normalized spacial score (nSPS) is 12.0. The van der Waals surface area contributed by atoms with Gasteiger partial charge in [-0.2, -0.15) is 10.2 Å². The van der Waals surface area contributed by atoms with Crippen molar-refractivity contribution in [2.45, 2.75) is 33.4 Å². The van der Waals surface area contributed by atoms with Gasteiger partial charge in [0.05, 0.1) is 16.4 Å². The molecule has 2 aromatic rings. The van der Waals surface area contributed by atoms with E-state index in [1.54, 1.807) is 12.1 Å². The average molecular weight is 401 g/mol. The van der Waals surface area contributed by atoms with E-state index in [0.717, 1.165) is 24.3 Å². The first-order valence-corrected chi connectivity index (χ1v) is 9.61. The van der Waals surface area contributed by atoms with E-state index in [4.69, 9.17) is 11.6 Å². The molecule has 1 N–H and O–H groups in total. The minimum atomic E-state index is -1.19. The Bertz CT molecular complexity index is 836. The molecule has 6 nitrogen and oxygen atoms in total. The Hall–Kier alpha value is -2.73. The highest BCUT2D eigenvalue weighted by atomic mass is 35.5. The van der Waals surface area contributed by atoms with Crippen molar-refractivity contribution in [3.63, 3.8) is 0 Å². The quantitative estimate of drug-likeness (QED) is 0.495.